The van der Waals surface area contributed by atoms with Crippen LogP contribution in [0.15, 0.2) is 54.6 Å². The number of nitrogens with zero attached hydrogens (tertiary/aromatic N) is 2. The van der Waals surface area contributed by atoms with Gasteiger partial charge < -0.3 is 4.74 Å². The summed E-state index contributed by atoms with van der Waals surface area (Å²) < 4.78 is 5.91. The van der Waals surface area contributed by atoms with Gasteiger partial charge in [0, 0.05) is 11.1 Å². The van der Waals surface area contributed by atoms with E-state index in [1.165, 1.54) is 57.8 Å². The van der Waals surface area contributed by atoms with E-state index >= 15 is 0 Å². The Morgan fingerprint density at radius 1 is 0.633 bits per heavy atom. The molecule has 160 valence electrons. The van der Waals surface area contributed by atoms with Gasteiger partial charge in [0.25, 0.3) is 0 Å². The number of hydrogen-bond acceptors (Lipinski definition) is 4. The van der Waals surface area contributed by atoms with Gasteiger partial charge in [-0.15, -0.1) is 10.2 Å². The highest BCUT2D eigenvalue weighted by molar-refractivity contribution is 7.17. The summed E-state index contributed by atoms with van der Waals surface area (Å²) in [5.74, 6) is 0.933. The largest absolute Gasteiger partial charge is 0.494 e. The molecule has 1 heterocycles. The van der Waals surface area contributed by atoms with Crippen LogP contribution in [0.2, 0.25) is 0 Å². The first-order valence-electron chi connectivity index (χ1n) is 11.5. The maximum absolute atomic E-state index is 5.91. The van der Waals surface area contributed by atoms with Gasteiger partial charge in [0.1, 0.15) is 15.8 Å². The summed E-state index contributed by atoms with van der Waals surface area (Å²) in [6.07, 6.45) is 13.5. The molecule has 0 aliphatic heterocycles. The normalized spacial score (nSPS) is 11.0. The van der Waals surface area contributed by atoms with Gasteiger partial charge in [-0.25, -0.2) is 0 Å². The molecule has 0 unspecified atom stereocenters. The zero-order chi connectivity index (χ0) is 20.9. The maximum Gasteiger partial charge on any atom is 0.148 e. The van der Waals surface area contributed by atoms with E-state index in [-0.39, 0.29) is 0 Å². The smallest absolute Gasteiger partial charge is 0.148 e. The van der Waals surface area contributed by atoms with Gasteiger partial charge in [0.05, 0.1) is 6.61 Å². The fourth-order valence-corrected chi connectivity index (χ4v) is 4.36. The Morgan fingerprint density at radius 3 is 1.77 bits per heavy atom. The third kappa shape index (κ3) is 7.56. The predicted molar refractivity (Wildman–Crippen MR) is 128 cm³/mol. The monoisotopic (exact) mass is 422 g/mol. The van der Waals surface area contributed by atoms with Crippen molar-refractivity contribution in [1.29, 1.82) is 0 Å². The third-order valence-electron chi connectivity index (χ3n) is 5.31. The van der Waals surface area contributed by atoms with Crippen LogP contribution in [0.3, 0.4) is 0 Å². The second-order valence-corrected chi connectivity index (χ2v) is 8.81. The molecule has 0 amide bonds. The van der Waals surface area contributed by atoms with Crippen molar-refractivity contribution in [2.24, 2.45) is 0 Å². The molecule has 3 nitrogen and oxygen atoms in total. The van der Waals surface area contributed by atoms with Crippen LogP contribution in [-0.4, -0.2) is 16.8 Å². The highest BCUT2D eigenvalue weighted by Crippen LogP contribution is 2.30. The Morgan fingerprint density at radius 2 is 1.17 bits per heavy atom. The number of aromatic nitrogens is 2. The summed E-state index contributed by atoms with van der Waals surface area (Å²) in [4.78, 5) is 0. The Hall–Kier alpha value is -2.20. The van der Waals surface area contributed by atoms with E-state index in [2.05, 4.69) is 41.4 Å². The highest BCUT2D eigenvalue weighted by atomic mass is 32.1. The van der Waals surface area contributed by atoms with E-state index in [4.69, 9.17) is 4.74 Å². The summed E-state index contributed by atoms with van der Waals surface area (Å²) in [5, 5.41) is 10.6. The van der Waals surface area contributed by atoms with E-state index in [0.717, 1.165) is 39.9 Å². The third-order valence-corrected chi connectivity index (χ3v) is 6.34. The molecule has 0 aliphatic rings. The Kier molecular flexibility index (Phi) is 9.87. The molecule has 0 saturated carbocycles. The van der Waals surface area contributed by atoms with Gasteiger partial charge in [-0.05, 0) is 30.7 Å². The van der Waals surface area contributed by atoms with Gasteiger partial charge in [-0.2, -0.15) is 0 Å². The molecule has 0 spiro atoms. The van der Waals surface area contributed by atoms with Crippen molar-refractivity contribution in [2.75, 3.05) is 6.61 Å². The minimum absolute atomic E-state index is 0.798. The Bertz CT molecular complexity index is 830. The van der Waals surface area contributed by atoms with E-state index in [9.17, 15) is 0 Å². The van der Waals surface area contributed by atoms with Crippen LogP contribution in [0.1, 0.15) is 71.1 Å². The molecular formula is C26H34N2OS. The van der Waals surface area contributed by atoms with Crippen molar-refractivity contribution in [2.45, 2.75) is 71.1 Å². The lowest BCUT2D eigenvalue weighted by Crippen LogP contribution is -1.97. The molecule has 30 heavy (non-hydrogen) atoms. The summed E-state index contributed by atoms with van der Waals surface area (Å²) in [6.45, 7) is 3.07. The van der Waals surface area contributed by atoms with Crippen LogP contribution in [0.5, 0.6) is 5.75 Å². The van der Waals surface area contributed by atoms with Crippen LogP contribution in [0.4, 0.5) is 0 Å². The first-order chi connectivity index (χ1) is 14.9. The SMILES string of the molecule is CCCCCCCCCCCCOc1ccc(-c2nnc(-c3ccccc3)s2)cc1. The molecular weight excluding hydrogens is 388 g/mol. The second kappa shape index (κ2) is 13.2. The molecule has 1 aromatic heterocycles. The van der Waals surface area contributed by atoms with Crippen LogP contribution >= 0.6 is 11.3 Å². The number of rotatable bonds is 14. The summed E-state index contributed by atoms with van der Waals surface area (Å²) in [6, 6.07) is 18.4. The van der Waals surface area contributed by atoms with Gasteiger partial charge >= 0.3 is 0 Å². The lowest BCUT2D eigenvalue weighted by molar-refractivity contribution is 0.304. The van der Waals surface area contributed by atoms with Crippen molar-refractivity contribution in [3.8, 4) is 26.9 Å². The lowest BCUT2D eigenvalue weighted by Gasteiger charge is -2.07. The van der Waals surface area contributed by atoms with Crippen LogP contribution < -0.4 is 4.74 Å². The zero-order valence-corrected chi connectivity index (χ0v) is 19.0. The Balaban J connectivity index is 1.32. The molecule has 0 N–H and O–H groups in total. The van der Waals surface area contributed by atoms with Gasteiger partial charge in [0.15, 0.2) is 0 Å². The lowest BCUT2D eigenvalue weighted by atomic mass is 10.1. The predicted octanol–water partition coefficient (Wildman–Crippen LogP) is 8.17. The molecule has 0 atom stereocenters. The summed E-state index contributed by atoms with van der Waals surface area (Å²) in [7, 11) is 0. The fourth-order valence-electron chi connectivity index (χ4n) is 3.51. The Labute approximate surface area is 185 Å². The zero-order valence-electron chi connectivity index (χ0n) is 18.2. The second-order valence-electron chi connectivity index (χ2n) is 7.83. The first-order valence-corrected chi connectivity index (χ1v) is 12.3. The number of hydrogen-bond donors (Lipinski definition) is 0. The summed E-state index contributed by atoms with van der Waals surface area (Å²) in [5.41, 5.74) is 2.19. The molecule has 0 bridgehead atoms. The fraction of sp³-hybridized carbons (Fsp3) is 0.462. The van der Waals surface area contributed by atoms with E-state index in [1.807, 2.05) is 30.3 Å². The highest BCUT2D eigenvalue weighted by Gasteiger charge is 2.08. The number of ether oxygens (including phenoxy) is 1. The minimum atomic E-state index is 0.798. The molecule has 2 aromatic carbocycles. The quantitative estimate of drug-likeness (QED) is 0.246. The molecule has 3 rings (SSSR count). The van der Waals surface area contributed by atoms with Crippen molar-refractivity contribution < 1.29 is 4.74 Å². The minimum Gasteiger partial charge on any atom is -0.494 e. The van der Waals surface area contributed by atoms with E-state index < -0.39 is 0 Å². The average molecular weight is 423 g/mol. The molecule has 0 saturated heterocycles. The topological polar surface area (TPSA) is 35.0 Å². The molecule has 0 aliphatic carbocycles. The van der Waals surface area contributed by atoms with Crippen molar-refractivity contribution in [3.05, 3.63) is 54.6 Å². The number of unbranched alkanes of at least 4 members (excludes halogenated alkanes) is 9. The van der Waals surface area contributed by atoms with Gasteiger partial charge in [-0.3, -0.25) is 0 Å². The molecule has 4 heteroatoms. The van der Waals surface area contributed by atoms with Crippen molar-refractivity contribution >= 4 is 11.3 Å². The molecule has 0 radical (unpaired) electrons. The maximum atomic E-state index is 5.91. The molecule has 3 aromatic rings. The average Bonchev–Trinajstić information content (AvgIpc) is 3.29. The van der Waals surface area contributed by atoms with E-state index in [0.29, 0.717) is 0 Å². The van der Waals surface area contributed by atoms with Crippen LogP contribution in [-0.2, 0) is 0 Å². The molecule has 0 fully saturated rings. The van der Waals surface area contributed by atoms with E-state index in [1.54, 1.807) is 11.3 Å². The summed E-state index contributed by atoms with van der Waals surface area (Å²) >= 11 is 1.62. The van der Waals surface area contributed by atoms with Crippen molar-refractivity contribution in [1.82, 2.24) is 10.2 Å². The van der Waals surface area contributed by atoms with Gasteiger partial charge in [0.2, 0.25) is 0 Å². The number of benzene rings is 2. The first kappa shape index (κ1) is 22.5. The van der Waals surface area contributed by atoms with Crippen LogP contribution in [0, 0.1) is 0 Å². The van der Waals surface area contributed by atoms with Crippen molar-refractivity contribution in [3.63, 3.8) is 0 Å². The van der Waals surface area contributed by atoms with Gasteiger partial charge in [-0.1, -0.05) is 106 Å². The van der Waals surface area contributed by atoms with Crippen LogP contribution in [0.25, 0.3) is 21.1 Å². The standard InChI is InChI=1S/C26H34N2OS/c1-2-3-4-5-6-7-8-9-10-14-21-29-24-19-17-23(18-20-24)26-28-27-25(30-26)22-15-12-11-13-16-22/h11-13,15-20H,2-10,14,21H2,1H3.